The summed E-state index contributed by atoms with van der Waals surface area (Å²) >= 11 is 0. The predicted octanol–water partition coefficient (Wildman–Crippen LogP) is 2.22. The van der Waals surface area contributed by atoms with Crippen LogP contribution >= 0.6 is 0 Å². The molecule has 20 heavy (non-hydrogen) atoms. The number of hydrogen-bond donors (Lipinski definition) is 2. The summed E-state index contributed by atoms with van der Waals surface area (Å²) in [7, 11) is 0. The molecule has 3 nitrogen and oxygen atoms in total. The zero-order valence-electron chi connectivity index (χ0n) is 10.4. The third-order valence-corrected chi connectivity index (χ3v) is 3.75. The molecule has 0 amide bonds. The maximum absolute atomic E-state index is 13.2. The van der Waals surface area contributed by atoms with Crippen molar-refractivity contribution in [1.82, 2.24) is 5.32 Å². The van der Waals surface area contributed by atoms with Crippen molar-refractivity contribution in [3.05, 3.63) is 35.6 Å². The minimum atomic E-state index is -4.86. The quantitative estimate of drug-likeness (QED) is 0.840. The van der Waals surface area contributed by atoms with Crippen molar-refractivity contribution in [3.8, 4) is 0 Å². The monoisotopic (exact) mass is 291 g/mol. The van der Waals surface area contributed by atoms with Crippen LogP contribution in [0.5, 0.6) is 0 Å². The van der Waals surface area contributed by atoms with Crippen LogP contribution in [0.15, 0.2) is 24.3 Å². The molecule has 2 N–H and O–H groups in total. The Morgan fingerprint density at radius 3 is 2.70 bits per heavy atom. The van der Waals surface area contributed by atoms with Crippen LogP contribution in [0.4, 0.5) is 17.6 Å². The number of hydrogen-bond acceptors (Lipinski definition) is 2. The summed E-state index contributed by atoms with van der Waals surface area (Å²) < 4.78 is 52.7. The molecule has 0 radical (unpaired) electrons. The summed E-state index contributed by atoms with van der Waals surface area (Å²) in [5, 5.41) is 11.6. The maximum Gasteiger partial charge on any atom is 0.406 e. The molecule has 0 aromatic heterocycles. The maximum atomic E-state index is 13.2. The summed E-state index contributed by atoms with van der Waals surface area (Å²) in [6.07, 6.45) is -5.00. The number of alkyl halides is 3. The van der Waals surface area contributed by atoms with Gasteiger partial charge >= 0.3 is 12.1 Å². The van der Waals surface area contributed by atoms with E-state index in [1.54, 1.807) is 0 Å². The Bertz CT molecular complexity index is 517. The van der Waals surface area contributed by atoms with Gasteiger partial charge in [-0.1, -0.05) is 12.1 Å². The Morgan fingerprint density at radius 2 is 2.15 bits per heavy atom. The van der Waals surface area contributed by atoms with Crippen LogP contribution in [-0.2, 0) is 11.2 Å². The van der Waals surface area contributed by atoms with Crippen LogP contribution in [0.25, 0.3) is 0 Å². The molecule has 1 fully saturated rings. The van der Waals surface area contributed by atoms with E-state index in [2.05, 4.69) is 5.32 Å². The number of nitrogens with one attached hydrogen (secondary N) is 1. The fraction of sp³-hybridized carbons (Fsp3) is 0.462. The van der Waals surface area contributed by atoms with Crippen LogP contribution in [0, 0.1) is 17.2 Å². The van der Waals surface area contributed by atoms with Crippen molar-refractivity contribution in [2.24, 2.45) is 11.3 Å². The van der Waals surface area contributed by atoms with Gasteiger partial charge in [-0.25, -0.2) is 4.39 Å². The van der Waals surface area contributed by atoms with Gasteiger partial charge in [-0.05, 0) is 30.7 Å². The van der Waals surface area contributed by atoms with Crippen LogP contribution < -0.4 is 5.32 Å². The second-order valence-electron chi connectivity index (χ2n) is 4.94. The highest BCUT2D eigenvalue weighted by Gasteiger charge is 2.66. The van der Waals surface area contributed by atoms with E-state index >= 15 is 0 Å². The standard InChI is InChI=1S/C13H13F4NO2/c14-10-3-1-2-8(5-10)4-9-6-18-7-12(9,11(19)20)13(15,16)17/h1-3,5,9,18H,4,6-7H2,(H,19,20)/t9-,12+/m0/s1. The van der Waals surface area contributed by atoms with Gasteiger partial charge in [0.15, 0.2) is 5.41 Å². The predicted molar refractivity (Wildman–Crippen MR) is 62.6 cm³/mol. The fourth-order valence-electron chi connectivity index (χ4n) is 2.66. The van der Waals surface area contributed by atoms with Crippen LogP contribution in [0.2, 0.25) is 0 Å². The molecule has 1 aliphatic heterocycles. The zero-order chi connectivity index (χ0) is 15.0. The lowest BCUT2D eigenvalue weighted by molar-refractivity contribution is -0.236. The summed E-state index contributed by atoms with van der Waals surface area (Å²) in [5.74, 6) is -3.61. The Labute approximate surface area is 112 Å². The number of aliphatic carboxylic acids is 1. The molecule has 110 valence electrons. The highest BCUT2D eigenvalue weighted by Crippen LogP contribution is 2.47. The van der Waals surface area contributed by atoms with Crippen molar-refractivity contribution in [3.63, 3.8) is 0 Å². The van der Waals surface area contributed by atoms with E-state index in [9.17, 15) is 22.4 Å². The molecule has 1 aromatic rings. The number of halogens is 4. The van der Waals surface area contributed by atoms with E-state index < -0.39 is 35.8 Å². The molecule has 0 bridgehead atoms. The number of rotatable bonds is 3. The van der Waals surface area contributed by atoms with Gasteiger partial charge in [0, 0.05) is 12.5 Å². The third-order valence-electron chi connectivity index (χ3n) is 3.75. The van der Waals surface area contributed by atoms with Gasteiger partial charge in [0.1, 0.15) is 5.82 Å². The summed E-state index contributed by atoms with van der Waals surface area (Å²) in [6, 6.07) is 5.19. The lowest BCUT2D eigenvalue weighted by Gasteiger charge is -2.32. The molecule has 1 aromatic carbocycles. The number of carboxylic acid groups (broad SMARTS) is 1. The number of carbonyl (C=O) groups is 1. The van der Waals surface area contributed by atoms with Gasteiger partial charge < -0.3 is 10.4 Å². The fourth-order valence-corrected chi connectivity index (χ4v) is 2.66. The Balaban J connectivity index is 2.32. The molecular formula is C13H13F4NO2. The first-order chi connectivity index (χ1) is 9.27. The van der Waals surface area contributed by atoms with E-state index in [0.717, 1.165) is 6.07 Å². The van der Waals surface area contributed by atoms with Gasteiger partial charge in [-0.2, -0.15) is 13.2 Å². The summed E-state index contributed by atoms with van der Waals surface area (Å²) in [5.41, 5.74) is -2.46. The Morgan fingerprint density at radius 1 is 1.45 bits per heavy atom. The average molecular weight is 291 g/mol. The van der Waals surface area contributed by atoms with Gasteiger partial charge in [-0.15, -0.1) is 0 Å². The van der Waals surface area contributed by atoms with E-state index in [1.807, 2.05) is 0 Å². The molecule has 0 aliphatic carbocycles. The lowest BCUT2D eigenvalue weighted by atomic mass is 9.74. The molecular weight excluding hydrogens is 278 g/mol. The molecule has 0 saturated carbocycles. The highest BCUT2D eigenvalue weighted by molar-refractivity contribution is 5.77. The molecule has 1 aliphatic rings. The van der Waals surface area contributed by atoms with Gasteiger partial charge in [0.05, 0.1) is 0 Å². The summed E-state index contributed by atoms with van der Waals surface area (Å²) in [4.78, 5) is 11.2. The van der Waals surface area contributed by atoms with Crippen LogP contribution in [0.3, 0.4) is 0 Å². The highest BCUT2D eigenvalue weighted by atomic mass is 19.4. The average Bonchev–Trinajstić information content (AvgIpc) is 2.73. The first-order valence-corrected chi connectivity index (χ1v) is 6.02. The summed E-state index contributed by atoms with van der Waals surface area (Å²) in [6.45, 7) is -0.728. The number of benzene rings is 1. The molecule has 2 atom stereocenters. The van der Waals surface area contributed by atoms with Crippen molar-refractivity contribution >= 4 is 5.97 Å². The molecule has 1 saturated heterocycles. The molecule has 2 rings (SSSR count). The van der Waals surface area contributed by atoms with Gasteiger partial charge in [0.2, 0.25) is 0 Å². The van der Waals surface area contributed by atoms with Crippen molar-refractivity contribution in [2.45, 2.75) is 12.6 Å². The van der Waals surface area contributed by atoms with Crippen molar-refractivity contribution < 1.29 is 27.5 Å². The Hall–Kier alpha value is -1.63. The SMILES string of the molecule is O=C(O)[C@@]1(C(F)(F)F)CNC[C@@H]1Cc1cccc(F)c1. The number of carboxylic acids is 1. The Kier molecular flexibility index (Phi) is 3.73. The third kappa shape index (κ3) is 2.37. The van der Waals surface area contributed by atoms with E-state index in [-0.39, 0.29) is 13.0 Å². The minimum absolute atomic E-state index is 0.0671. The molecule has 0 spiro atoms. The second-order valence-corrected chi connectivity index (χ2v) is 4.94. The van der Waals surface area contributed by atoms with Gasteiger partial charge in [-0.3, -0.25) is 4.79 Å². The van der Waals surface area contributed by atoms with E-state index in [4.69, 9.17) is 5.11 Å². The lowest BCUT2D eigenvalue weighted by Crippen LogP contribution is -2.51. The molecule has 0 unspecified atom stereocenters. The largest absolute Gasteiger partial charge is 0.481 e. The topological polar surface area (TPSA) is 49.3 Å². The first-order valence-electron chi connectivity index (χ1n) is 6.02. The normalized spacial score (nSPS) is 26.7. The van der Waals surface area contributed by atoms with E-state index in [0.29, 0.717) is 5.56 Å². The minimum Gasteiger partial charge on any atom is -0.481 e. The van der Waals surface area contributed by atoms with Crippen molar-refractivity contribution in [2.75, 3.05) is 13.1 Å². The van der Waals surface area contributed by atoms with Crippen molar-refractivity contribution in [1.29, 1.82) is 0 Å². The molecule has 7 heteroatoms. The first kappa shape index (κ1) is 14.8. The molecule has 1 heterocycles. The van der Waals surface area contributed by atoms with Gasteiger partial charge in [0.25, 0.3) is 0 Å². The van der Waals surface area contributed by atoms with E-state index in [1.165, 1.54) is 18.2 Å². The zero-order valence-corrected chi connectivity index (χ0v) is 10.4. The van der Waals surface area contributed by atoms with Crippen LogP contribution in [-0.4, -0.2) is 30.3 Å². The second kappa shape index (κ2) is 5.05. The van der Waals surface area contributed by atoms with Crippen LogP contribution in [0.1, 0.15) is 5.56 Å². The smallest absolute Gasteiger partial charge is 0.406 e.